The summed E-state index contributed by atoms with van der Waals surface area (Å²) in [6.45, 7) is 10.5. The summed E-state index contributed by atoms with van der Waals surface area (Å²) >= 11 is 6.71. The molecule has 6 rings (SSSR count). The molecule has 1 fully saturated rings. The number of nitrogens with one attached hydrogen (secondary N) is 3. The highest BCUT2D eigenvalue weighted by Crippen LogP contribution is 2.39. The van der Waals surface area contributed by atoms with E-state index in [4.69, 9.17) is 21.1 Å². The van der Waals surface area contributed by atoms with Crippen molar-refractivity contribution in [3.63, 3.8) is 0 Å². The van der Waals surface area contributed by atoms with Gasteiger partial charge in [-0.3, -0.25) is 4.79 Å². The van der Waals surface area contributed by atoms with Crippen molar-refractivity contribution in [3.05, 3.63) is 69.4 Å². The van der Waals surface area contributed by atoms with Gasteiger partial charge in [0, 0.05) is 24.4 Å². The van der Waals surface area contributed by atoms with Crippen LogP contribution >= 0.6 is 11.6 Å². The van der Waals surface area contributed by atoms with Crippen LogP contribution in [-0.4, -0.2) is 60.7 Å². The Morgan fingerprint density at radius 3 is 2.63 bits per heavy atom. The van der Waals surface area contributed by atoms with Gasteiger partial charge >= 0.3 is 6.09 Å². The lowest BCUT2D eigenvalue weighted by molar-refractivity contribution is 0.00745. The molecule has 0 radical (unpaired) electrons. The maximum Gasteiger partial charge on any atom is 0.410 e. The predicted octanol–water partition coefficient (Wildman–Crippen LogP) is 7.43. The summed E-state index contributed by atoms with van der Waals surface area (Å²) in [5.74, 6) is 0.885. The predicted molar refractivity (Wildman–Crippen MR) is 180 cm³/mol. The average Bonchev–Trinajstić information content (AvgIpc) is 3.39. The molecule has 240 valence electrons. The van der Waals surface area contributed by atoms with E-state index in [0.29, 0.717) is 63.0 Å². The minimum absolute atomic E-state index is 0.0376. The molecule has 0 saturated carbocycles. The first kappa shape index (κ1) is 31.3. The number of hydrogen-bond acceptors (Lipinski definition) is 8. The molecular formula is C34H38ClN7O4. The van der Waals surface area contributed by atoms with E-state index in [1.54, 1.807) is 12.3 Å². The van der Waals surface area contributed by atoms with Gasteiger partial charge in [-0.2, -0.15) is 0 Å². The van der Waals surface area contributed by atoms with Crippen LogP contribution in [-0.2, 0) is 4.74 Å². The lowest BCUT2D eigenvalue weighted by atomic mass is 9.98. The number of benzene rings is 2. The van der Waals surface area contributed by atoms with E-state index < -0.39 is 5.60 Å². The van der Waals surface area contributed by atoms with Crippen molar-refractivity contribution in [1.29, 1.82) is 0 Å². The van der Waals surface area contributed by atoms with Crippen LogP contribution in [0, 0.1) is 13.8 Å². The minimum Gasteiger partial charge on any atom is -0.492 e. The number of piperidine rings is 1. The van der Waals surface area contributed by atoms with Gasteiger partial charge in [0.05, 0.1) is 34.6 Å². The van der Waals surface area contributed by atoms with Gasteiger partial charge in [0.1, 0.15) is 23.2 Å². The van der Waals surface area contributed by atoms with Crippen LogP contribution in [0.3, 0.4) is 0 Å². The second-order valence-electron chi connectivity index (χ2n) is 12.8. The van der Waals surface area contributed by atoms with Crippen molar-refractivity contribution in [3.8, 4) is 16.9 Å². The lowest BCUT2D eigenvalue weighted by Crippen LogP contribution is -2.46. The topological polar surface area (TPSA) is 138 Å². The molecule has 3 N–H and O–H groups in total. The summed E-state index contributed by atoms with van der Waals surface area (Å²) in [5.41, 5.74) is 4.67. The molecular weight excluding hydrogens is 606 g/mol. The minimum atomic E-state index is -0.580. The normalized spacial score (nSPS) is 15.3. The Kier molecular flexibility index (Phi) is 8.61. The van der Waals surface area contributed by atoms with E-state index in [2.05, 4.69) is 36.3 Å². The van der Waals surface area contributed by atoms with E-state index in [9.17, 15) is 9.59 Å². The molecule has 2 aromatic carbocycles. The van der Waals surface area contributed by atoms with E-state index >= 15 is 0 Å². The summed E-state index contributed by atoms with van der Waals surface area (Å²) in [7, 11) is 0. The number of ether oxygens (including phenoxy) is 2. The molecule has 46 heavy (non-hydrogen) atoms. The van der Waals surface area contributed by atoms with Gasteiger partial charge in [0.25, 0.3) is 5.56 Å². The quantitative estimate of drug-likeness (QED) is 0.166. The molecule has 0 spiro atoms. The number of aromatic nitrogens is 5. The van der Waals surface area contributed by atoms with Gasteiger partial charge in [-0.25, -0.2) is 19.7 Å². The van der Waals surface area contributed by atoms with Crippen molar-refractivity contribution in [2.45, 2.75) is 71.9 Å². The summed E-state index contributed by atoms with van der Waals surface area (Å²) in [6, 6.07) is 9.53. The zero-order valence-corrected chi connectivity index (χ0v) is 27.4. The van der Waals surface area contributed by atoms with Gasteiger partial charge in [-0.05, 0) is 71.6 Å². The van der Waals surface area contributed by atoms with Crippen LogP contribution in [0.15, 0.2) is 47.7 Å². The number of carbonyl (C=O) groups excluding carboxylic acids is 1. The lowest BCUT2D eigenvalue weighted by Gasteiger charge is -2.36. The van der Waals surface area contributed by atoms with Crippen molar-refractivity contribution in [2.24, 2.45) is 0 Å². The van der Waals surface area contributed by atoms with Gasteiger partial charge in [0.15, 0.2) is 5.65 Å². The van der Waals surface area contributed by atoms with Crippen LogP contribution in [0.2, 0.25) is 5.02 Å². The smallest absolute Gasteiger partial charge is 0.410 e. The van der Waals surface area contributed by atoms with Gasteiger partial charge in [-0.15, -0.1) is 0 Å². The molecule has 3 aromatic heterocycles. The summed E-state index contributed by atoms with van der Waals surface area (Å²) in [6.07, 6.45) is 6.15. The summed E-state index contributed by atoms with van der Waals surface area (Å²) in [4.78, 5) is 47.5. The number of hydrogen-bond donors (Lipinski definition) is 3. The standard InChI is InChI=1S/C34H38ClN7O4/c1-19-12-20(2)14-21(13-19)28-29(45-11-9-22-8-6-7-10-42(22)33(44)46-34(3,4)5)23-15-26(24(35)16-25(23)38-31(28)43)39-32-40-27-17-36-18-37-30(27)41-32/h12-18,22H,6-11H2,1-5H3,(H,38,43)(H2,36,37,39,40,41). The number of amides is 1. The number of aromatic amines is 2. The second-order valence-corrected chi connectivity index (χ2v) is 13.2. The molecule has 1 aliphatic rings. The molecule has 0 bridgehead atoms. The Bertz CT molecular complexity index is 1930. The molecule has 1 saturated heterocycles. The van der Waals surface area contributed by atoms with Crippen molar-refractivity contribution >= 4 is 51.4 Å². The van der Waals surface area contributed by atoms with Gasteiger partial charge in [0.2, 0.25) is 5.95 Å². The molecule has 1 unspecified atom stereocenters. The number of carbonyl (C=O) groups is 1. The number of imidazole rings is 1. The summed E-state index contributed by atoms with van der Waals surface area (Å²) in [5, 5.41) is 4.30. The van der Waals surface area contributed by atoms with Crippen LogP contribution in [0.25, 0.3) is 33.2 Å². The Labute approximate surface area is 271 Å². The fourth-order valence-electron chi connectivity index (χ4n) is 6.02. The highest BCUT2D eigenvalue weighted by molar-refractivity contribution is 6.34. The third-order valence-corrected chi connectivity index (χ3v) is 8.24. The number of nitrogens with zero attached hydrogens (tertiary/aromatic N) is 4. The van der Waals surface area contributed by atoms with Crippen LogP contribution in [0.4, 0.5) is 16.4 Å². The molecule has 11 nitrogen and oxygen atoms in total. The number of likely N-dealkylation sites (tertiary alicyclic amines) is 1. The maximum atomic E-state index is 13.7. The van der Waals surface area contributed by atoms with Crippen LogP contribution in [0.1, 0.15) is 57.6 Å². The van der Waals surface area contributed by atoms with Crippen molar-refractivity contribution in [2.75, 3.05) is 18.5 Å². The number of halogens is 1. The first-order valence-corrected chi connectivity index (χ1v) is 15.9. The fraction of sp³-hybridized carbons (Fsp3) is 0.382. The highest BCUT2D eigenvalue weighted by Gasteiger charge is 2.30. The number of H-pyrrole nitrogens is 2. The summed E-state index contributed by atoms with van der Waals surface area (Å²) < 4.78 is 12.3. The van der Waals surface area contributed by atoms with Gasteiger partial charge < -0.3 is 29.7 Å². The molecule has 4 heterocycles. The average molecular weight is 644 g/mol. The second kappa shape index (κ2) is 12.6. The largest absolute Gasteiger partial charge is 0.492 e. The Balaban J connectivity index is 1.38. The van der Waals surface area contributed by atoms with E-state index in [0.717, 1.165) is 36.0 Å². The SMILES string of the molecule is Cc1cc(C)cc(-c2c(OCCC3CCCCN3C(=O)OC(C)(C)C)c3cc(Nc4nc5cncnc5[nH]4)c(Cl)cc3[nH]c2=O)c1. The maximum absolute atomic E-state index is 13.7. The van der Waals surface area contributed by atoms with E-state index in [-0.39, 0.29) is 24.3 Å². The van der Waals surface area contributed by atoms with Crippen LogP contribution in [0.5, 0.6) is 5.75 Å². The molecule has 0 aliphatic carbocycles. The fourth-order valence-corrected chi connectivity index (χ4v) is 6.23. The van der Waals surface area contributed by atoms with Crippen molar-refractivity contribution < 1.29 is 14.3 Å². The zero-order chi connectivity index (χ0) is 32.6. The van der Waals surface area contributed by atoms with Gasteiger partial charge in [-0.1, -0.05) is 40.9 Å². The molecule has 12 heteroatoms. The zero-order valence-electron chi connectivity index (χ0n) is 26.7. The Hall–Kier alpha value is -4.64. The molecule has 1 amide bonds. The highest BCUT2D eigenvalue weighted by atomic mass is 35.5. The van der Waals surface area contributed by atoms with E-state index in [1.807, 2.05) is 57.7 Å². The monoisotopic (exact) mass is 643 g/mol. The molecule has 5 aromatic rings. The first-order chi connectivity index (χ1) is 21.9. The number of fused-ring (bicyclic) bond motifs is 2. The number of pyridine rings is 1. The van der Waals surface area contributed by atoms with Crippen LogP contribution < -0.4 is 15.6 Å². The Morgan fingerprint density at radius 1 is 1.11 bits per heavy atom. The third-order valence-electron chi connectivity index (χ3n) is 7.93. The number of anilines is 2. The number of rotatable bonds is 7. The Morgan fingerprint density at radius 2 is 1.89 bits per heavy atom. The third kappa shape index (κ3) is 6.79. The molecule has 1 atom stereocenters. The molecule has 1 aliphatic heterocycles. The van der Waals surface area contributed by atoms with Crippen molar-refractivity contribution in [1.82, 2.24) is 29.8 Å². The number of aryl methyl sites for hydroxylation is 2. The van der Waals surface area contributed by atoms with E-state index in [1.165, 1.54) is 6.33 Å². The first-order valence-electron chi connectivity index (χ1n) is 15.5.